The Balaban J connectivity index is 2.76. The molecule has 1 rings (SSSR count). The van der Waals surface area contributed by atoms with Crippen LogP contribution in [0.3, 0.4) is 0 Å². The second kappa shape index (κ2) is 5.96. The molecule has 0 atom stereocenters. The minimum absolute atomic E-state index is 0.0607. The average Bonchev–Trinajstić information content (AvgIpc) is 2.28. The van der Waals surface area contributed by atoms with Gasteiger partial charge >= 0.3 is 0 Å². The Bertz CT molecular complexity index is 607. The number of hydrogen-bond acceptors (Lipinski definition) is 2. The molecule has 0 spiro atoms. The SMILES string of the molecule is Cc1cc(CNS(=O)(=O)CC(C)(C)C(C)(F)F)ccc1F. The van der Waals surface area contributed by atoms with Crippen molar-refractivity contribution in [3.8, 4) is 0 Å². The normalized spacial score (nSPS) is 13.5. The van der Waals surface area contributed by atoms with Gasteiger partial charge in [-0.15, -0.1) is 0 Å². The maximum atomic E-state index is 13.4. The smallest absolute Gasteiger partial charge is 0.212 e. The topological polar surface area (TPSA) is 46.2 Å². The zero-order valence-electron chi connectivity index (χ0n) is 12.5. The van der Waals surface area contributed by atoms with Gasteiger partial charge in [0, 0.05) is 12.0 Å². The Morgan fingerprint density at radius 1 is 1.19 bits per heavy atom. The summed E-state index contributed by atoms with van der Waals surface area (Å²) in [5.41, 5.74) is -0.719. The highest BCUT2D eigenvalue weighted by molar-refractivity contribution is 7.89. The molecule has 0 saturated heterocycles. The largest absolute Gasteiger partial charge is 0.251 e. The fourth-order valence-electron chi connectivity index (χ4n) is 1.66. The first-order chi connectivity index (χ1) is 9.34. The Morgan fingerprint density at radius 3 is 2.24 bits per heavy atom. The van der Waals surface area contributed by atoms with E-state index in [1.807, 2.05) is 0 Å². The first-order valence-corrected chi connectivity index (χ1v) is 8.09. The quantitative estimate of drug-likeness (QED) is 0.873. The third-order valence-corrected chi connectivity index (χ3v) is 5.14. The van der Waals surface area contributed by atoms with Gasteiger partial charge in [0.05, 0.1) is 5.75 Å². The minimum Gasteiger partial charge on any atom is -0.212 e. The molecule has 0 aliphatic rings. The van der Waals surface area contributed by atoms with Crippen molar-refractivity contribution in [2.45, 2.75) is 40.2 Å². The summed E-state index contributed by atoms with van der Waals surface area (Å²) in [5.74, 6) is -4.19. The summed E-state index contributed by atoms with van der Waals surface area (Å²) in [6.07, 6.45) is 0. The van der Waals surface area contributed by atoms with Crippen LogP contribution in [-0.4, -0.2) is 20.1 Å². The van der Waals surface area contributed by atoms with Gasteiger partial charge in [0.2, 0.25) is 10.0 Å². The molecule has 120 valence electrons. The van der Waals surface area contributed by atoms with Crippen molar-refractivity contribution >= 4 is 10.0 Å². The molecule has 0 heterocycles. The lowest BCUT2D eigenvalue weighted by Crippen LogP contribution is -2.42. The summed E-state index contributed by atoms with van der Waals surface area (Å²) < 4.78 is 65.9. The third kappa shape index (κ3) is 5.00. The van der Waals surface area contributed by atoms with Crippen LogP contribution in [0.5, 0.6) is 0 Å². The number of benzene rings is 1. The number of rotatable bonds is 6. The standard InChI is InChI=1S/C14H20F3NO2S/c1-10-7-11(5-6-12(10)15)8-18-21(19,20)9-13(2,3)14(4,16)17/h5-7,18H,8-9H2,1-4H3. The number of aryl methyl sites for hydroxylation is 1. The van der Waals surface area contributed by atoms with Crippen LogP contribution < -0.4 is 4.72 Å². The maximum Gasteiger partial charge on any atom is 0.251 e. The number of hydrogen-bond donors (Lipinski definition) is 1. The summed E-state index contributed by atoms with van der Waals surface area (Å²) in [7, 11) is -3.87. The minimum atomic E-state index is -3.87. The van der Waals surface area contributed by atoms with E-state index in [-0.39, 0.29) is 12.4 Å². The highest BCUT2D eigenvalue weighted by Gasteiger charge is 2.44. The average molecular weight is 323 g/mol. The van der Waals surface area contributed by atoms with Gasteiger partial charge in [-0.2, -0.15) is 0 Å². The molecule has 1 aromatic carbocycles. The zero-order chi connectivity index (χ0) is 16.5. The van der Waals surface area contributed by atoms with Gasteiger partial charge in [-0.3, -0.25) is 0 Å². The lowest BCUT2D eigenvalue weighted by Gasteiger charge is -2.30. The van der Waals surface area contributed by atoms with E-state index < -0.39 is 27.1 Å². The first kappa shape index (κ1) is 18.0. The van der Waals surface area contributed by atoms with E-state index in [0.717, 1.165) is 0 Å². The highest BCUT2D eigenvalue weighted by atomic mass is 32.2. The van der Waals surface area contributed by atoms with Gasteiger partial charge in [-0.05, 0) is 31.0 Å². The van der Waals surface area contributed by atoms with Crippen molar-refractivity contribution in [1.29, 1.82) is 0 Å². The summed E-state index contributed by atoms with van der Waals surface area (Å²) in [4.78, 5) is 0. The molecule has 1 N–H and O–H groups in total. The molecule has 21 heavy (non-hydrogen) atoms. The predicted octanol–water partition coefficient (Wildman–Crippen LogP) is 3.23. The van der Waals surface area contributed by atoms with Gasteiger partial charge in [0.25, 0.3) is 5.92 Å². The number of nitrogens with one attached hydrogen (secondary N) is 1. The molecule has 1 aromatic rings. The molecular formula is C14H20F3NO2S. The zero-order valence-corrected chi connectivity index (χ0v) is 13.3. The van der Waals surface area contributed by atoms with E-state index in [1.54, 1.807) is 6.92 Å². The van der Waals surface area contributed by atoms with Crippen molar-refractivity contribution in [2.75, 3.05) is 5.75 Å². The van der Waals surface area contributed by atoms with E-state index in [9.17, 15) is 21.6 Å². The molecule has 0 aliphatic heterocycles. The maximum absolute atomic E-state index is 13.4. The van der Waals surface area contributed by atoms with Crippen molar-refractivity contribution in [3.63, 3.8) is 0 Å². The van der Waals surface area contributed by atoms with Crippen LogP contribution in [0.25, 0.3) is 0 Å². The Labute approximate surface area is 123 Å². The lowest BCUT2D eigenvalue weighted by atomic mass is 9.89. The first-order valence-electron chi connectivity index (χ1n) is 6.44. The molecule has 0 saturated carbocycles. The molecule has 0 fully saturated rings. The monoisotopic (exact) mass is 323 g/mol. The van der Waals surface area contributed by atoms with Crippen LogP contribution in [0.15, 0.2) is 18.2 Å². The molecule has 0 bridgehead atoms. The molecule has 0 amide bonds. The van der Waals surface area contributed by atoms with Gasteiger partial charge in [0.1, 0.15) is 5.82 Å². The van der Waals surface area contributed by atoms with Crippen LogP contribution in [0.1, 0.15) is 31.9 Å². The molecule has 0 aromatic heterocycles. The molecule has 0 unspecified atom stereocenters. The Morgan fingerprint density at radius 2 is 1.76 bits per heavy atom. The Hall–Kier alpha value is -1.08. The van der Waals surface area contributed by atoms with E-state index in [4.69, 9.17) is 0 Å². The van der Waals surface area contributed by atoms with Gasteiger partial charge in [-0.1, -0.05) is 26.0 Å². The van der Waals surface area contributed by atoms with Gasteiger partial charge < -0.3 is 0 Å². The van der Waals surface area contributed by atoms with Crippen LogP contribution in [0, 0.1) is 18.2 Å². The molecule has 0 radical (unpaired) electrons. The van der Waals surface area contributed by atoms with Crippen molar-refractivity contribution in [3.05, 3.63) is 35.1 Å². The summed E-state index contributed by atoms with van der Waals surface area (Å²) in [6.45, 7) is 4.61. The van der Waals surface area contributed by atoms with Crippen LogP contribution >= 0.6 is 0 Å². The summed E-state index contributed by atoms with van der Waals surface area (Å²) >= 11 is 0. The van der Waals surface area contributed by atoms with E-state index in [2.05, 4.69) is 4.72 Å². The van der Waals surface area contributed by atoms with E-state index >= 15 is 0 Å². The summed E-state index contributed by atoms with van der Waals surface area (Å²) in [6, 6.07) is 4.20. The third-order valence-electron chi connectivity index (χ3n) is 3.46. The van der Waals surface area contributed by atoms with Gasteiger partial charge in [-0.25, -0.2) is 26.3 Å². The number of sulfonamides is 1. The fraction of sp³-hybridized carbons (Fsp3) is 0.571. The second-order valence-corrected chi connectivity index (χ2v) is 7.74. The van der Waals surface area contributed by atoms with Crippen LogP contribution in [-0.2, 0) is 16.6 Å². The number of alkyl halides is 2. The Kier molecular flexibility index (Phi) is 5.10. The van der Waals surface area contributed by atoms with Crippen molar-refractivity contribution in [2.24, 2.45) is 5.41 Å². The second-order valence-electron chi connectivity index (χ2n) is 5.94. The molecule has 7 heteroatoms. The molecule has 3 nitrogen and oxygen atoms in total. The number of halogens is 3. The van der Waals surface area contributed by atoms with E-state index in [1.165, 1.54) is 32.0 Å². The highest BCUT2D eigenvalue weighted by Crippen LogP contribution is 2.36. The van der Waals surface area contributed by atoms with Crippen molar-refractivity contribution < 1.29 is 21.6 Å². The predicted molar refractivity (Wildman–Crippen MR) is 76.2 cm³/mol. The molecule has 0 aliphatic carbocycles. The summed E-state index contributed by atoms with van der Waals surface area (Å²) in [5, 5.41) is 0. The van der Waals surface area contributed by atoms with Gasteiger partial charge in [0.15, 0.2) is 0 Å². The van der Waals surface area contributed by atoms with Crippen molar-refractivity contribution in [1.82, 2.24) is 4.72 Å². The molecular weight excluding hydrogens is 303 g/mol. The van der Waals surface area contributed by atoms with Crippen LogP contribution in [0.4, 0.5) is 13.2 Å². The van der Waals surface area contributed by atoms with Crippen LogP contribution in [0.2, 0.25) is 0 Å². The fourth-order valence-corrected chi connectivity index (χ4v) is 3.36. The lowest BCUT2D eigenvalue weighted by molar-refractivity contribution is -0.0768. The van der Waals surface area contributed by atoms with E-state index in [0.29, 0.717) is 18.1 Å².